The second-order valence-electron chi connectivity index (χ2n) is 7.51. The van der Waals surface area contributed by atoms with Crippen molar-refractivity contribution in [2.75, 3.05) is 19.6 Å². The standard InChI is InChI=1S/C20H29N5/c1-3-21-20(24-12-16-8-4-5-9-17(16)13-24)22-11-18-14-25-15(2)7-6-10-19(25)23-18/h6-7,10,14,16-17H,3-5,8-9,11-13H2,1-2H3,(H,21,22). The molecule has 1 aliphatic carbocycles. The molecular weight excluding hydrogens is 310 g/mol. The molecule has 0 bridgehead atoms. The van der Waals surface area contributed by atoms with Crippen LogP contribution >= 0.6 is 0 Å². The van der Waals surface area contributed by atoms with Crippen LogP contribution < -0.4 is 5.32 Å². The van der Waals surface area contributed by atoms with Gasteiger partial charge in [-0.25, -0.2) is 9.98 Å². The molecule has 1 saturated carbocycles. The van der Waals surface area contributed by atoms with Crippen molar-refractivity contribution in [2.24, 2.45) is 16.8 Å². The molecule has 2 fully saturated rings. The highest BCUT2D eigenvalue weighted by Gasteiger charge is 2.35. The smallest absolute Gasteiger partial charge is 0.194 e. The lowest BCUT2D eigenvalue weighted by molar-refractivity contribution is 0.299. The number of nitrogens with one attached hydrogen (secondary N) is 1. The van der Waals surface area contributed by atoms with Crippen LogP contribution in [0.2, 0.25) is 0 Å². The van der Waals surface area contributed by atoms with Gasteiger partial charge in [0.2, 0.25) is 0 Å². The lowest BCUT2D eigenvalue weighted by Gasteiger charge is -2.22. The zero-order chi connectivity index (χ0) is 17.2. The maximum absolute atomic E-state index is 4.90. The Hall–Kier alpha value is -2.04. The number of guanidine groups is 1. The summed E-state index contributed by atoms with van der Waals surface area (Å²) in [4.78, 5) is 12.1. The van der Waals surface area contributed by atoms with Crippen molar-refractivity contribution >= 4 is 11.6 Å². The fourth-order valence-electron chi connectivity index (χ4n) is 4.44. The second kappa shape index (κ2) is 7.06. The van der Waals surface area contributed by atoms with Crippen molar-refractivity contribution in [3.63, 3.8) is 0 Å². The Morgan fingerprint density at radius 3 is 2.68 bits per heavy atom. The van der Waals surface area contributed by atoms with E-state index >= 15 is 0 Å². The van der Waals surface area contributed by atoms with E-state index in [1.54, 1.807) is 0 Å². The number of hydrogen-bond donors (Lipinski definition) is 1. The van der Waals surface area contributed by atoms with Crippen LogP contribution in [0.15, 0.2) is 29.4 Å². The van der Waals surface area contributed by atoms with E-state index in [0.29, 0.717) is 6.54 Å². The maximum atomic E-state index is 4.90. The highest BCUT2D eigenvalue weighted by molar-refractivity contribution is 5.80. The number of fused-ring (bicyclic) bond motifs is 2. The number of pyridine rings is 1. The Balaban J connectivity index is 1.50. The van der Waals surface area contributed by atoms with Crippen LogP contribution in [0.25, 0.3) is 5.65 Å². The van der Waals surface area contributed by atoms with Crippen LogP contribution in [0.4, 0.5) is 0 Å². The van der Waals surface area contributed by atoms with Gasteiger partial charge in [0.05, 0.1) is 12.2 Å². The summed E-state index contributed by atoms with van der Waals surface area (Å²) in [5.74, 6) is 2.80. The first-order valence-corrected chi connectivity index (χ1v) is 9.71. The monoisotopic (exact) mass is 339 g/mol. The fraction of sp³-hybridized carbons (Fsp3) is 0.600. The lowest BCUT2D eigenvalue weighted by Crippen LogP contribution is -2.40. The van der Waals surface area contributed by atoms with Gasteiger partial charge in [0.25, 0.3) is 0 Å². The summed E-state index contributed by atoms with van der Waals surface area (Å²) in [6, 6.07) is 6.22. The summed E-state index contributed by atoms with van der Waals surface area (Å²) in [7, 11) is 0. The van der Waals surface area contributed by atoms with E-state index in [9.17, 15) is 0 Å². The number of nitrogens with zero attached hydrogens (tertiary/aromatic N) is 4. The van der Waals surface area contributed by atoms with E-state index in [1.165, 1.54) is 44.5 Å². The highest BCUT2D eigenvalue weighted by atomic mass is 15.3. The van der Waals surface area contributed by atoms with Crippen LogP contribution in [0, 0.1) is 18.8 Å². The van der Waals surface area contributed by atoms with Gasteiger partial charge in [-0.05, 0) is 50.7 Å². The molecular formula is C20H29N5. The van der Waals surface area contributed by atoms with Crippen molar-refractivity contribution in [1.82, 2.24) is 19.6 Å². The Kier molecular flexibility index (Phi) is 4.64. The van der Waals surface area contributed by atoms with Crippen LogP contribution in [-0.4, -0.2) is 39.9 Å². The molecule has 0 amide bonds. The molecule has 0 radical (unpaired) electrons. The normalized spacial score (nSPS) is 23.9. The molecule has 134 valence electrons. The predicted octanol–water partition coefficient (Wildman–Crippen LogP) is 3.23. The third kappa shape index (κ3) is 3.37. The maximum Gasteiger partial charge on any atom is 0.194 e. The summed E-state index contributed by atoms with van der Waals surface area (Å²) in [5, 5.41) is 3.49. The van der Waals surface area contributed by atoms with Gasteiger partial charge in [0, 0.05) is 31.5 Å². The minimum absolute atomic E-state index is 0.634. The molecule has 2 aromatic rings. The Morgan fingerprint density at radius 1 is 1.24 bits per heavy atom. The van der Waals surface area contributed by atoms with Gasteiger partial charge >= 0.3 is 0 Å². The number of hydrogen-bond acceptors (Lipinski definition) is 2. The summed E-state index contributed by atoms with van der Waals surface area (Å²) >= 11 is 0. The first-order chi connectivity index (χ1) is 12.2. The molecule has 3 heterocycles. The van der Waals surface area contributed by atoms with Gasteiger partial charge in [0.15, 0.2) is 5.96 Å². The topological polar surface area (TPSA) is 44.9 Å². The summed E-state index contributed by atoms with van der Waals surface area (Å²) in [6.07, 6.45) is 7.71. The zero-order valence-corrected chi connectivity index (χ0v) is 15.4. The quantitative estimate of drug-likeness (QED) is 0.690. The molecule has 2 unspecified atom stereocenters. The molecule has 2 atom stereocenters. The first kappa shape index (κ1) is 16.4. The van der Waals surface area contributed by atoms with E-state index in [4.69, 9.17) is 9.98 Å². The van der Waals surface area contributed by atoms with Crippen LogP contribution in [0.3, 0.4) is 0 Å². The predicted molar refractivity (Wildman–Crippen MR) is 102 cm³/mol. The van der Waals surface area contributed by atoms with Gasteiger partial charge in [-0.1, -0.05) is 18.9 Å². The molecule has 2 aliphatic rings. The van der Waals surface area contributed by atoms with E-state index in [-0.39, 0.29) is 0 Å². The number of aromatic nitrogens is 2. The van der Waals surface area contributed by atoms with Gasteiger partial charge in [-0.15, -0.1) is 0 Å². The van der Waals surface area contributed by atoms with E-state index in [1.807, 2.05) is 0 Å². The van der Waals surface area contributed by atoms with Gasteiger partial charge in [-0.2, -0.15) is 0 Å². The summed E-state index contributed by atoms with van der Waals surface area (Å²) in [6.45, 7) is 8.14. The minimum Gasteiger partial charge on any atom is -0.357 e. The molecule has 1 aliphatic heterocycles. The third-order valence-electron chi connectivity index (χ3n) is 5.75. The van der Waals surface area contributed by atoms with E-state index < -0.39 is 0 Å². The van der Waals surface area contributed by atoms with Crippen molar-refractivity contribution in [3.8, 4) is 0 Å². The molecule has 2 aromatic heterocycles. The SMILES string of the molecule is CCNC(=NCc1cn2c(C)cccc2n1)N1CC2CCCCC2C1. The molecule has 4 rings (SSSR count). The first-order valence-electron chi connectivity index (χ1n) is 9.71. The zero-order valence-electron chi connectivity index (χ0n) is 15.4. The average Bonchev–Trinajstić information content (AvgIpc) is 3.23. The molecule has 5 heteroatoms. The van der Waals surface area contributed by atoms with Crippen LogP contribution in [0.1, 0.15) is 44.0 Å². The van der Waals surface area contributed by atoms with Gasteiger partial charge < -0.3 is 14.6 Å². The molecule has 1 saturated heterocycles. The number of rotatable bonds is 3. The number of aryl methyl sites for hydroxylation is 1. The fourth-order valence-corrected chi connectivity index (χ4v) is 4.44. The lowest BCUT2D eigenvalue weighted by atomic mass is 9.82. The highest BCUT2D eigenvalue weighted by Crippen LogP contribution is 2.35. The Morgan fingerprint density at radius 2 is 2.00 bits per heavy atom. The van der Waals surface area contributed by atoms with E-state index in [0.717, 1.165) is 35.7 Å². The number of imidazole rings is 1. The Labute approximate surface area is 150 Å². The Bertz CT molecular complexity index is 749. The van der Waals surface area contributed by atoms with Crippen molar-refractivity contribution < 1.29 is 0 Å². The second-order valence-corrected chi connectivity index (χ2v) is 7.51. The molecule has 0 spiro atoms. The largest absolute Gasteiger partial charge is 0.357 e. The van der Waals surface area contributed by atoms with Crippen molar-refractivity contribution in [3.05, 3.63) is 35.8 Å². The molecule has 1 N–H and O–H groups in total. The number of aliphatic imine (C=N–C) groups is 1. The minimum atomic E-state index is 0.634. The van der Waals surface area contributed by atoms with Gasteiger partial charge in [0.1, 0.15) is 5.65 Å². The molecule has 5 nitrogen and oxygen atoms in total. The van der Waals surface area contributed by atoms with Crippen molar-refractivity contribution in [1.29, 1.82) is 0 Å². The average molecular weight is 339 g/mol. The van der Waals surface area contributed by atoms with Crippen LogP contribution in [0.5, 0.6) is 0 Å². The summed E-state index contributed by atoms with van der Waals surface area (Å²) < 4.78 is 2.14. The summed E-state index contributed by atoms with van der Waals surface area (Å²) in [5.41, 5.74) is 3.24. The van der Waals surface area contributed by atoms with Crippen molar-refractivity contribution in [2.45, 2.75) is 46.1 Å². The molecule has 25 heavy (non-hydrogen) atoms. The third-order valence-corrected chi connectivity index (χ3v) is 5.75. The molecule has 0 aromatic carbocycles. The van der Waals surface area contributed by atoms with Gasteiger partial charge in [-0.3, -0.25) is 0 Å². The van der Waals surface area contributed by atoms with E-state index in [2.05, 4.69) is 52.9 Å². The van der Waals surface area contributed by atoms with Crippen LogP contribution in [-0.2, 0) is 6.54 Å². The number of likely N-dealkylation sites (tertiary alicyclic amines) is 1.